The van der Waals surface area contributed by atoms with Gasteiger partial charge in [0, 0.05) is 17.8 Å². The Morgan fingerprint density at radius 1 is 1.00 bits per heavy atom. The molecule has 0 saturated heterocycles. The molecule has 2 aromatic heterocycles. The summed E-state index contributed by atoms with van der Waals surface area (Å²) in [5, 5.41) is 0. The number of ketones is 1. The van der Waals surface area contributed by atoms with Gasteiger partial charge in [0.2, 0.25) is 5.78 Å². The molecule has 0 bridgehead atoms. The molecule has 4 rings (SSSR count). The molecule has 0 N–H and O–H groups in total. The molecule has 0 saturated carbocycles. The lowest BCUT2D eigenvalue weighted by Crippen LogP contribution is -2.07. The first-order valence-corrected chi connectivity index (χ1v) is 7.32. The number of methoxy groups -OCH3 is 1. The Kier molecular flexibility index (Phi) is 3.08. The second-order valence-corrected chi connectivity index (χ2v) is 5.27. The second kappa shape index (κ2) is 5.25. The number of rotatable bonds is 3. The van der Waals surface area contributed by atoms with E-state index in [0.717, 1.165) is 22.3 Å². The summed E-state index contributed by atoms with van der Waals surface area (Å²) in [5.74, 6) is 0.684. The van der Waals surface area contributed by atoms with Gasteiger partial charge < -0.3 is 9.14 Å². The van der Waals surface area contributed by atoms with E-state index >= 15 is 0 Å². The first kappa shape index (κ1) is 13.5. The molecule has 0 aliphatic heterocycles. The third-order valence-electron chi connectivity index (χ3n) is 3.92. The summed E-state index contributed by atoms with van der Waals surface area (Å²) in [7, 11) is 1.63. The molecule has 112 valence electrons. The zero-order valence-electron chi connectivity index (χ0n) is 12.6. The minimum Gasteiger partial charge on any atom is -0.497 e. The fourth-order valence-electron chi connectivity index (χ4n) is 2.77. The molecular weight excluding hydrogens is 288 g/mol. The average molecular weight is 302 g/mol. The van der Waals surface area contributed by atoms with Gasteiger partial charge >= 0.3 is 0 Å². The highest BCUT2D eigenvalue weighted by Crippen LogP contribution is 2.24. The maximum Gasteiger partial charge on any atom is 0.213 e. The summed E-state index contributed by atoms with van der Waals surface area (Å²) in [6, 6.07) is 18.7. The van der Waals surface area contributed by atoms with E-state index in [-0.39, 0.29) is 5.78 Å². The van der Waals surface area contributed by atoms with Crippen molar-refractivity contribution in [1.82, 2.24) is 9.38 Å². The fraction of sp³-hybridized carbons (Fsp3) is 0.0526. The average Bonchev–Trinajstić information content (AvgIpc) is 3.11. The molecule has 0 radical (unpaired) electrons. The van der Waals surface area contributed by atoms with E-state index in [1.807, 2.05) is 71.3 Å². The van der Waals surface area contributed by atoms with Gasteiger partial charge in [-0.15, -0.1) is 0 Å². The number of nitrogens with zero attached hydrogens (tertiary/aromatic N) is 2. The Morgan fingerprint density at radius 2 is 1.83 bits per heavy atom. The number of carbonyl (C=O) groups excluding carboxylic acids is 1. The van der Waals surface area contributed by atoms with Crippen molar-refractivity contribution in [3.8, 4) is 5.75 Å². The number of carbonyl (C=O) groups is 1. The van der Waals surface area contributed by atoms with E-state index < -0.39 is 0 Å². The molecule has 4 aromatic rings. The minimum absolute atomic E-state index is 0.0768. The fourth-order valence-corrected chi connectivity index (χ4v) is 2.77. The van der Waals surface area contributed by atoms with Crippen LogP contribution in [0.1, 0.15) is 16.1 Å². The van der Waals surface area contributed by atoms with Gasteiger partial charge in [-0.25, -0.2) is 4.98 Å². The molecule has 0 unspecified atom stereocenters. The van der Waals surface area contributed by atoms with Gasteiger partial charge in [-0.3, -0.25) is 4.79 Å². The van der Waals surface area contributed by atoms with Crippen molar-refractivity contribution < 1.29 is 9.53 Å². The Bertz CT molecular complexity index is 1020. The Balaban J connectivity index is 2.00. The molecule has 23 heavy (non-hydrogen) atoms. The van der Waals surface area contributed by atoms with Gasteiger partial charge in [0.1, 0.15) is 11.4 Å². The summed E-state index contributed by atoms with van der Waals surface area (Å²) in [6.45, 7) is 0. The molecule has 0 fully saturated rings. The number of benzene rings is 2. The SMILES string of the molecule is COc1ccc2nc(C(=O)c3ccccc3)c3cccn3c2c1. The van der Waals surface area contributed by atoms with Crippen molar-refractivity contribution in [2.45, 2.75) is 0 Å². The van der Waals surface area contributed by atoms with E-state index in [9.17, 15) is 4.79 Å². The molecule has 0 aliphatic carbocycles. The predicted molar refractivity (Wildman–Crippen MR) is 89.1 cm³/mol. The first-order chi connectivity index (χ1) is 11.3. The van der Waals surface area contributed by atoms with Gasteiger partial charge in [0.25, 0.3) is 0 Å². The van der Waals surface area contributed by atoms with E-state index in [2.05, 4.69) is 4.98 Å². The van der Waals surface area contributed by atoms with Crippen LogP contribution in [-0.4, -0.2) is 22.3 Å². The Labute approximate surface area is 133 Å². The standard InChI is InChI=1S/C19H14N2O2/c1-23-14-9-10-15-17(12-14)21-11-5-8-16(21)18(20-15)19(22)13-6-3-2-4-7-13/h2-12H,1H3. The molecule has 0 atom stereocenters. The van der Waals surface area contributed by atoms with Crippen LogP contribution in [0.2, 0.25) is 0 Å². The third-order valence-corrected chi connectivity index (χ3v) is 3.92. The lowest BCUT2D eigenvalue weighted by molar-refractivity contribution is 0.103. The molecule has 4 nitrogen and oxygen atoms in total. The van der Waals surface area contributed by atoms with Gasteiger partial charge in [0.05, 0.1) is 23.7 Å². The lowest BCUT2D eigenvalue weighted by atomic mass is 10.1. The number of hydrogen-bond donors (Lipinski definition) is 0. The van der Waals surface area contributed by atoms with Crippen LogP contribution in [-0.2, 0) is 0 Å². The molecule has 4 heteroatoms. The Hall–Kier alpha value is -3.14. The van der Waals surface area contributed by atoms with Crippen molar-refractivity contribution in [2.75, 3.05) is 7.11 Å². The quantitative estimate of drug-likeness (QED) is 0.542. The van der Waals surface area contributed by atoms with E-state index in [1.54, 1.807) is 7.11 Å². The van der Waals surface area contributed by atoms with Crippen LogP contribution in [0.3, 0.4) is 0 Å². The van der Waals surface area contributed by atoms with Crippen molar-refractivity contribution in [2.24, 2.45) is 0 Å². The smallest absolute Gasteiger partial charge is 0.213 e. The normalized spacial score (nSPS) is 11.0. The second-order valence-electron chi connectivity index (χ2n) is 5.27. The predicted octanol–water partition coefficient (Wildman–Crippen LogP) is 3.73. The summed E-state index contributed by atoms with van der Waals surface area (Å²) in [4.78, 5) is 17.4. The maximum atomic E-state index is 12.8. The number of aromatic nitrogens is 2. The highest BCUT2D eigenvalue weighted by molar-refractivity contribution is 6.12. The van der Waals surface area contributed by atoms with E-state index in [0.29, 0.717) is 11.3 Å². The monoisotopic (exact) mass is 302 g/mol. The maximum absolute atomic E-state index is 12.8. The van der Waals surface area contributed by atoms with Gasteiger partial charge in [-0.05, 0) is 24.3 Å². The van der Waals surface area contributed by atoms with Crippen LogP contribution in [0.4, 0.5) is 0 Å². The zero-order valence-corrected chi connectivity index (χ0v) is 12.6. The molecule has 0 spiro atoms. The molecular formula is C19H14N2O2. The number of fused-ring (bicyclic) bond motifs is 3. The largest absolute Gasteiger partial charge is 0.497 e. The van der Waals surface area contributed by atoms with E-state index in [1.165, 1.54) is 0 Å². The molecule has 2 aromatic carbocycles. The summed E-state index contributed by atoms with van der Waals surface area (Å²) < 4.78 is 7.26. The van der Waals surface area contributed by atoms with Crippen LogP contribution >= 0.6 is 0 Å². The first-order valence-electron chi connectivity index (χ1n) is 7.32. The van der Waals surface area contributed by atoms with Crippen LogP contribution < -0.4 is 4.74 Å². The highest BCUT2D eigenvalue weighted by atomic mass is 16.5. The van der Waals surface area contributed by atoms with Crippen LogP contribution in [0, 0.1) is 0 Å². The topological polar surface area (TPSA) is 43.6 Å². The highest BCUT2D eigenvalue weighted by Gasteiger charge is 2.16. The van der Waals surface area contributed by atoms with Crippen molar-refractivity contribution in [3.05, 3.63) is 78.1 Å². The summed E-state index contributed by atoms with van der Waals surface area (Å²) in [5.41, 5.74) is 3.55. The van der Waals surface area contributed by atoms with Crippen molar-refractivity contribution in [1.29, 1.82) is 0 Å². The Morgan fingerprint density at radius 3 is 2.61 bits per heavy atom. The van der Waals surface area contributed by atoms with Crippen molar-refractivity contribution in [3.63, 3.8) is 0 Å². The van der Waals surface area contributed by atoms with Crippen LogP contribution in [0.25, 0.3) is 16.6 Å². The third kappa shape index (κ3) is 2.16. The van der Waals surface area contributed by atoms with Gasteiger partial charge in [-0.1, -0.05) is 30.3 Å². The van der Waals surface area contributed by atoms with Crippen LogP contribution in [0.5, 0.6) is 5.75 Å². The minimum atomic E-state index is -0.0768. The number of hydrogen-bond acceptors (Lipinski definition) is 3. The lowest BCUT2D eigenvalue weighted by Gasteiger charge is -2.09. The van der Waals surface area contributed by atoms with Gasteiger partial charge in [0.15, 0.2) is 0 Å². The van der Waals surface area contributed by atoms with Crippen LogP contribution in [0.15, 0.2) is 66.9 Å². The van der Waals surface area contributed by atoms with E-state index in [4.69, 9.17) is 4.74 Å². The summed E-state index contributed by atoms with van der Waals surface area (Å²) in [6.07, 6.45) is 1.93. The molecule has 0 amide bonds. The molecule has 2 heterocycles. The van der Waals surface area contributed by atoms with Gasteiger partial charge in [-0.2, -0.15) is 0 Å². The zero-order chi connectivity index (χ0) is 15.8. The molecule has 0 aliphatic rings. The van der Waals surface area contributed by atoms with Crippen molar-refractivity contribution >= 4 is 22.3 Å². The number of ether oxygens (including phenoxy) is 1. The summed E-state index contributed by atoms with van der Waals surface area (Å²) >= 11 is 0.